The maximum absolute atomic E-state index is 10.8. The number of carbonyl (C=O) groups excluding carboxylic acids is 2. The monoisotopic (exact) mass is 252 g/mol. The van der Waals surface area contributed by atoms with E-state index in [1.165, 1.54) is 0 Å². The lowest BCUT2D eigenvalue weighted by Gasteiger charge is -1.99. The molecule has 2 aliphatic carbocycles. The summed E-state index contributed by atoms with van der Waals surface area (Å²) < 4.78 is 10.4. The van der Waals surface area contributed by atoms with Crippen LogP contribution in [0, 0.1) is 23.7 Å². The molecule has 18 heavy (non-hydrogen) atoms. The third-order valence-corrected chi connectivity index (χ3v) is 4.62. The van der Waals surface area contributed by atoms with Crippen molar-refractivity contribution in [2.75, 3.05) is 26.4 Å². The predicted molar refractivity (Wildman–Crippen MR) is 64.1 cm³/mol. The fourth-order valence-corrected chi connectivity index (χ4v) is 3.52. The van der Waals surface area contributed by atoms with Crippen LogP contribution in [0.25, 0.3) is 0 Å². The van der Waals surface area contributed by atoms with E-state index >= 15 is 0 Å². The number of Topliss-reactive ketones (excluding diaryl/α,β-unsaturated/α-hetero) is 2. The molecule has 0 bridgehead atoms. The fraction of sp³-hybridized carbons (Fsp3) is 0.857. The summed E-state index contributed by atoms with van der Waals surface area (Å²) in [6.45, 7) is 3.32. The van der Waals surface area contributed by atoms with Gasteiger partial charge in [0.25, 0.3) is 0 Å². The van der Waals surface area contributed by atoms with E-state index in [-0.39, 0.29) is 0 Å². The Balaban J connectivity index is 0.000000111. The molecule has 4 fully saturated rings. The molecule has 0 amide bonds. The highest BCUT2D eigenvalue weighted by Crippen LogP contribution is 2.34. The molecule has 100 valence electrons. The summed E-state index contributed by atoms with van der Waals surface area (Å²) in [5, 5.41) is 0. The Morgan fingerprint density at radius 1 is 0.611 bits per heavy atom. The van der Waals surface area contributed by atoms with Crippen LogP contribution in [-0.4, -0.2) is 38.0 Å². The van der Waals surface area contributed by atoms with E-state index in [0.717, 1.165) is 52.1 Å². The molecule has 0 N–H and O–H groups in total. The van der Waals surface area contributed by atoms with Crippen molar-refractivity contribution in [3.8, 4) is 0 Å². The average molecular weight is 252 g/mol. The van der Waals surface area contributed by atoms with Gasteiger partial charge in [-0.3, -0.25) is 9.59 Å². The van der Waals surface area contributed by atoms with Gasteiger partial charge in [-0.1, -0.05) is 0 Å². The van der Waals surface area contributed by atoms with Gasteiger partial charge in [0.2, 0.25) is 0 Å². The molecule has 0 spiro atoms. The van der Waals surface area contributed by atoms with Crippen LogP contribution in [0.5, 0.6) is 0 Å². The van der Waals surface area contributed by atoms with E-state index in [0.29, 0.717) is 35.2 Å². The van der Waals surface area contributed by atoms with E-state index in [9.17, 15) is 9.59 Å². The van der Waals surface area contributed by atoms with Gasteiger partial charge in [-0.15, -0.1) is 0 Å². The maximum Gasteiger partial charge on any atom is 0.133 e. The number of rotatable bonds is 0. The first kappa shape index (κ1) is 12.3. The summed E-state index contributed by atoms with van der Waals surface area (Å²) in [5.41, 5.74) is 0. The van der Waals surface area contributed by atoms with Gasteiger partial charge in [0.1, 0.15) is 11.6 Å². The van der Waals surface area contributed by atoms with Crippen molar-refractivity contribution in [3.63, 3.8) is 0 Å². The number of carbonyl (C=O) groups is 2. The molecule has 0 radical (unpaired) electrons. The van der Waals surface area contributed by atoms with Crippen molar-refractivity contribution in [1.29, 1.82) is 0 Å². The smallest absolute Gasteiger partial charge is 0.133 e. The molecule has 4 atom stereocenters. The molecule has 4 heteroatoms. The minimum atomic E-state index is 0.438. The van der Waals surface area contributed by atoms with Crippen molar-refractivity contribution in [2.24, 2.45) is 23.7 Å². The Morgan fingerprint density at radius 3 is 1.17 bits per heavy atom. The molecule has 0 aromatic carbocycles. The van der Waals surface area contributed by atoms with E-state index in [1.807, 2.05) is 0 Å². The van der Waals surface area contributed by atoms with Crippen LogP contribution in [0.2, 0.25) is 0 Å². The van der Waals surface area contributed by atoms with Crippen LogP contribution in [0.1, 0.15) is 25.7 Å². The zero-order valence-electron chi connectivity index (χ0n) is 10.6. The molecule has 2 aliphatic heterocycles. The first-order valence-corrected chi connectivity index (χ1v) is 6.91. The first-order valence-electron chi connectivity index (χ1n) is 6.91. The number of ketones is 2. The van der Waals surface area contributed by atoms with Gasteiger partial charge in [-0.05, 0) is 23.7 Å². The number of ether oxygens (including phenoxy) is 2. The van der Waals surface area contributed by atoms with E-state index in [2.05, 4.69) is 0 Å². The third-order valence-electron chi connectivity index (χ3n) is 4.62. The largest absolute Gasteiger partial charge is 0.381 e. The standard InChI is InChI=1S/2C7H10O2/c2*8-7-1-5-3-9-4-6(5)2-7/h2*5-6H,1-4H2/t2*5-,6+. The van der Waals surface area contributed by atoms with Crippen molar-refractivity contribution < 1.29 is 19.1 Å². The Morgan fingerprint density at radius 2 is 0.889 bits per heavy atom. The molecular weight excluding hydrogens is 232 g/mol. The number of fused-ring (bicyclic) bond motifs is 2. The van der Waals surface area contributed by atoms with Crippen LogP contribution in [0.4, 0.5) is 0 Å². The molecule has 4 rings (SSSR count). The number of hydrogen-bond acceptors (Lipinski definition) is 4. The summed E-state index contributed by atoms with van der Waals surface area (Å²) >= 11 is 0. The normalized spacial score (nSPS) is 41.6. The predicted octanol–water partition coefficient (Wildman–Crippen LogP) is 1.22. The van der Waals surface area contributed by atoms with Crippen molar-refractivity contribution in [1.82, 2.24) is 0 Å². The summed E-state index contributed by atoms with van der Waals surface area (Å²) in [6.07, 6.45) is 3.13. The topological polar surface area (TPSA) is 52.6 Å². The van der Waals surface area contributed by atoms with Crippen LogP contribution >= 0.6 is 0 Å². The Labute approximate surface area is 107 Å². The maximum atomic E-state index is 10.8. The lowest BCUT2D eigenvalue weighted by Crippen LogP contribution is -2.01. The molecule has 4 aliphatic rings. The van der Waals surface area contributed by atoms with Crippen molar-refractivity contribution >= 4 is 11.6 Å². The molecule has 2 heterocycles. The number of hydrogen-bond donors (Lipinski definition) is 0. The lowest BCUT2D eigenvalue weighted by molar-refractivity contribution is -0.119. The molecule has 0 aromatic rings. The van der Waals surface area contributed by atoms with E-state index in [1.54, 1.807) is 0 Å². The Kier molecular flexibility index (Phi) is 3.48. The summed E-state index contributed by atoms with van der Waals surface area (Å²) in [5.74, 6) is 3.20. The molecule has 0 unspecified atom stereocenters. The second-order valence-corrected chi connectivity index (χ2v) is 6.01. The molecule has 2 saturated heterocycles. The van der Waals surface area contributed by atoms with Crippen LogP contribution in [-0.2, 0) is 19.1 Å². The molecule has 2 saturated carbocycles. The van der Waals surface area contributed by atoms with Crippen LogP contribution < -0.4 is 0 Å². The highest BCUT2D eigenvalue weighted by atomic mass is 16.5. The highest BCUT2D eigenvalue weighted by Gasteiger charge is 2.37. The van der Waals surface area contributed by atoms with E-state index in [4.69, 9.17) is 9.47 Å². The second-order valence-electron chi connectivity index (χ2n) is 6.01. The van der Waals surface area contributed by atoms with Gasteiger partial charge < -0.3 is 9.47 Å². The van der Waals surface area contributed by atoms with Gasteiger partial charge in [0, 0.05) is 25.7 Å². The zero-order chi connectivity index (χ0) is 12.5. The molecule has 0 aromatic heterocycles. The Hall–Kier alpha value is -0.740. The van der Waals surface area contributed by atoms with Crippen molar-refractivity contribution in [3.05, 3.63) is 0 Å². The third kappa shape index (κ3) is 2.50. The Bertz CT molecular complexity index is 290. The minimum Gasteiger partial charge on any atom is -0.381 e. The lowest BCUT2D eigenvalue weighted by atomic mass is 10.0. The summed E-state index contributed by atoms with van der Waals surface area (Å²) in [7, 11) is 0. The van der Waals surface area contributed by atoms with Crippen LogP contribution in [0.15, 0.2) is 0 Å². The van der Waals surface area contributed by atoms with Gasteiger partial charge in [0.05, 0.1) is 26.4 Å². The molecule has 4 nitrogen and oxygen atoms in total. The summed E-state index contributed by atoms with van der Waals surface area (Å²) in [4.78, 5) is 21.6. The average Bonchev–Trinajstić information content (AvgIpc) is 2.97. The van der Waals surface area contributed by atoms with Gasteiger partial charge >= 0.3 is 0 Å². The van der Waals surface area contributed by atoms with Gasteiger partial charge in [-0.25, -0.2) is 0 Å². The quantitative estimate of drug-likeness (QED) is 0.650. The van der Waals surface area contributed by atoms with Crippen molar-refractivity contribution in [2.45, 2.75) is 25.7 Å². The van der Waals surface area contributed by atoms with Crippen LogP contribution in [0.3, 0.4) is 0 Å². The highest BCUT2D eigenvalue weighted by molar-refractivity contribution is 5.81. The summed E-state index contributed by atoms with van der Waals surface area (Å²) in [6, 6.07) is 0. The molecular formula is C14H20O4. The second kappa shape index (κ2) is 5.10. The minimum absolute atomic E-state index is 0.438. The SMILES string of the molecule is O=C1C[C@H]2COC[C@H]2C1.O=C1C[C@H]2COC[C@H]2C1. The first-order chi connectivity index (χ1) is 8.72. The van der Waals surface area contributed by atoms with E-state index < -0.39 is 0 Å². The zero-order valence-corrected chi connectivity index (χ0v) is 10.6. The fourth-order valence-electron chi connectivity index (χ4n) is 3.52. The van der Waals surface area contributed by atoms with Gasteiger partial charge in [-0.2, -0.15) is 0 Å². The van der Waals surface area contributed by atoms with Gasteiger partial charge in [0.15, 0.2) is 0 Å².